The fraction of sp³-hybridized carbons (Fsp3) is 0.550. The molecule has 0 bridgehead atoms. The van der Waals surface area contributed by atoms with E-state index >= 15 is 0 Å². The van der Waals surface area contributed by atoms with Crippen LogP contribution in [-0.2, 0) is 19.1 Å². The molecule has 2 amide bonds. The Balaban J connectivity index is 1.54. The van der Waals surface area contributed by atoms with Gasteiger partial charge in [0.1, 0.15) is 0 Å². The molecule has 2 heterocycles. The molecule has 2 saturated heterocycles. The predicted molar refractivity (Wildman–Crippen MR) is 106 cm³/mol. The van der Waals surface area contributed by atoms with Crippen LogP contribution in [0, 0.1) is 0 Å². The average Bonchev–Trinajstić information content (AvgIpc) is 3.31. The van der Waals surface area contributed by atoms with Gasteiger partial charge in [-0.2, -0.15) is 0 Å². The van der Waals surface area contributed by atoms with Crippen LogP contribution in [0.3, 0.4) is 0 Å². The molecule has 0 spiro atoms. The van der Waals surface area contributed by atoms with Gasteiger partial charge in [-0.1, -0.05) is 30.7 Å². The van der Waals surface area contributed by atoms with Gasteiger partial charge in [0.25, 0.3) is 5.91 Å². The number of likely N-dealkylation sites (tertiary alicyclic amines) is 1. The number of hydrogen-bond donors (Lipinski definition) is 2. The summed E-state index contributed by atoms with van der Waals surface area (Å²) < 4.78 is 10.8. The van der Waals surface area contributed by atoms with Crippen molar-refractivity contribution in [2.45, 2.75) is 51.1 Å². The number of nitrogens with one attached hydrogen (secondary N) is 2. The summed E-state index contributed by atoms with van der Waals surface area (Å²) >= 11 is 6.02. The Labute approximate surface area is 174 Å². The first-order chi connectivity index (χ1) is 14.0. The molecule has 3 rings (SSSR count). The highest BCUT2D eigenvalue weighted by Gasteiger charge is 2.39. The normalized spacial score (nSPS) is 23.9. The highest BCUT2D eigenvalue weighted by atomic mass is 35.5. The topological polar surface area (TPSA) is 97.0 Å². The molecule has 2 N–H and O–H groups in total. The number of amides is 2. The van der Waals surface area contributed by atoms with E-state index in [2.05, 4.69) is 10.6 Å². The van der Waals surface area contributed by atoms with E-state index in [-0.39, 0.29) is 37.0 Å². The van der Waals surface area contributed by atoms with E-state index in [0.717, 1.165) is 19.3 Å². The lowest BCUT2D eigenvalue weighted by Crippen LogP contribution is -2.53. The van der Waals surface area contributed by atoms with Gasteiger partial charge in [0.2, 0.25) is 12.2 Å². The third-order valence-electron chi connectivity index (χ3n) is 4.95. The minimum absolute atomic E-state index is 0.127. The summed E-state index contributed by atoms with van der Waals surface area (Å²) in [4.78, 5) is 38.3. The number of esters is 1. The molecule has 29 heavy (non-hydrogen) atoms. The van der Waals surface area contributed by atoms with Crippen LogP contribution >= 0.6 is 11.6 Å². The van der Waals surface area contributed by atoms with Crippen LogP contribution in [0.4, 0.5) is 0 Å². The van der Waals surface area contributed by atoms with Crippen molar-refractivity contribution in [3.05, 3.63) is 34.9 Å². The van der Waals surface area contributed by atoms with E-state index in [0.29, 0.717) is 23.7 Å². The lowest BCUT2D eigenvalue weighted by molar-refractivity contribution is -0.165. The van der Waals surface area contributed by atoms with Crippen LogP contribution in [-0.4, -0.2) is 60.9 Å². The molecular weight excluding hydrogens is 398 g/mol. The minimum Gasteiger partial charge on any atom is -0.434 e. The first kappa shape index (κ1) is 21.5. The maximum absolute atomic E-state index is 12.7. The van der Waals surface area contributed by atoms with Crippen molar-refractivity contribution < 1.29 is 23.9 Å². The number of ether oxygens (including phenoxy) is 2. The molecular formula is C20H26ClN3O5. The van der Waals surface area contributed by atoms with Crippen molar-refractivity contribution in [1.82, 2.24) is 15.5 Å². The molecule has 0 saturated carbocycles. The Morgan fingerprint density at radius 2 is 2.14 bits per heavy atom. The number of cyclic esters (lactones) is 1. The summed E-state index contributed by atoms with van der Waals surface area (Å²) in [5.74, 6) is -0.904. The lowest BCUT2D eigenvalue weighted by atomic mass is 10.2. The van der Waals surface area contributed by atoms with Gasteiger partial charge >= 0.3 is 5.97 Å². The highest BCUT2D eigenvalue weighted by Crippen LogP contribution is 2.22. The summed E-state index contributed by atoms with van der Waals surface area (Å²) in [6.45, 7) is 2.93. The van der Waals surface area contributed by atoms with Crippen molar-refractivity contribution in [2.75, 3.05) is 19.7 Å². The molecule has 2 fully saturated rings. The quantitative estimate of drug-likeness (QED) is 0.617. The van der Waals surface area contributed by atoms with Gasteiger partial charge in [0, 0.05) is 6.54 Å². The number of rotatable bonds is 8. The van der Waals surface area contributed by atoms with E-state index in [9.17, 15) is 14.4 Å². The second kappa shape index (κ2) is 10.0. The Hall–Kier alpha value is -2.16. The molecule has 0 aromatic heterocycles. The standard InChI is InChI=1S/C20H26ClN3O5/c1-2-10-28-20-15(11-18(26)29-20)23-16-8-5-9-24(16)17(25)12-22-19(27)13-6-3-4-7-14(13)21/h3-4,6-7,15-16,20,23H,2,5,8-12H2,1H3,(H,22,27)/t15-,16?,20+/m0/s1. The molecule has 0 radical (unpaired) electrons. The fourth-order valence-electron chi connectivity index (χ4n) is 3.54. The van der Waals surface area contributed by atoms with E-state index in [4.69, 9.17) is 21.1 Å². The molecule has 2 aliphatic rings. The van der Waals surface area contributed by atoms with Crippen LogP contribution in [0.1, 0.15) is 43.0 Å². The van der Waals surface area contributed by atoms with Crippen molar-refractivity contribution >= 4 is 29.4 Å². The monoisotopic (exact) mass is 423 g/mol. The Bertz CT molecular complexity index is 759. The first-order valence-electron chi connectivity index (χ1n) is 9.89. The van der Waals surface area contributed by atoms with E-state index in [1.54, 1.807) is 29.2 Å². The molecule has 2 aliphatic heterocycles. The molecule has 8 nitrogen and oxygen atoms in total. The zero-order valence-corrected chi connectivity index (χ0v) is 17.1. The second-order valence-electron chi connectivity index (χ2n) is 7.11. The third-order valence-corrected chi connectivity index (χ3v) is 5.28. The number of carbonyl (C=O) groups is 3. The maximum Gasteiger partial charge on any atom is 0.309 e. The highest BCUT2D eigenvalue weighted by molar-refractivity contribution is 6.33. The van der Waals surface area contributed by atoms with Crippen LogP contribution < -0.4 is 10.6 Å². The number of halogens is 1. The van der Waals surface area contributed by atoms with Gasteiger partial charge < -0.3 is 19.7 Å². The van der Waals surface area contributed by atoms with Gasteiger partial charge in [0.15, 0.2) is 0 Å². The molecule has 1 unspecified atom stereocenters. The van der Waals surface area contributed by atoms with Gasteiger partial charge in [-0.15, -0.1) is 0 Å². The van der Waals surface area contributed by atoms with Gasteiger partial charge in [-0.25, -0.2) is 0 Å². The Kier molecular flexibility index (Phi) is 7.46. The van der Waals surface area contributed by atoms with Crippen molar-refractivity contribution in [1.29, 1.82) is 0 Å². The fourth-order valence-corrected chi connectivity index (χ4v) is 3.76. The van der Waals surface area contributed by atoms with Gasteiger partial charge in [-0.3, -0.25) is 19.7 Å². The number of carbonyl (C=O) groups excluding carboxylic acids is 3. The molecule has 3 atom stereocenters. The number of hydrogen-bond acceptors (Lipinski definition) is 6. The Morgan fingerprint density at radius 3 is 2.90 bits per heavy atom. The summed E-state index contributed by atoms with van der Waals surface area (Å²) in [7, 11) is 0. The van der Waals surface area contributed by atoms with E-state index in [1.165, 1.54) is 0 Å². The number of benzene rings is 1. The second-order valence-corrected chi connectivity index (χ2v) is 7.52. The van der Waals surface area contributed by atoms with Crippen molar-refractivity contribution in [3.8, 4) is 0 Å². The zero-order valence-electron chi connectivity index (χ0n) is 16.4. The maximum atomic E-state index is 12.7. The first-order valence-corrected chi connectivity index (χ1v) is 10.3. The Morgan fingerprint density at radius 1 is 1.34 bits per heavy atom. The van der Waals surface area contributed by atoms with Crippen molar-refractivity contribution in [2.24, 2.45) is 0 Å². The van der Waals surface area contributed by atoms with Crippen LogP contribution in [0.25, 0.3) is 0 Å². The van der Waals surface area contributed by atoms with E-state index in [1.807, 2.05) is 6.92 Å². The molecule has 9 heteroatoms. The molecule has 0 aliphatic carbocycles. The summed E-state index contributed by atoms with van der Waals surface area (Å²) in [5, 5.41) is 6.29. The summed E-state index contributed by atoms with van der Waals surface area (Å²) in [6, 6.07) is 6.38. The average molecular weight is 424 g/mol. The lowest BCUT2D eigenvalue weighted by Gasteiger charge is -2.29. The molecule has 158 valence electrons. The van der Waals surface area contributed by atoms with Crippen LogP contribution in [0.5, 0.6) is 0 Å². The summed E-state index contributed by atoms with van der Waals surface area (Å²) in [5.41, 5.74) is 0.329. The van der Waals surface area contributed by atoms with E-state index < -0.39 is 12.2 Å². The zero-order chi connectivity index (χ0) is 20.8. The minimum atomic E-state index is -0.639. The number of nitrogens with zero attached hydrogens (tertiary/aromatic N) is 1. The smallest absolute Gasteiger partial charge is 0.309 e. The summed E-state index contributed by atoms with van der Waals surface area (Å²) in [6.07, 6.45) is 1.75. The SMILES string of the molecule is CCCO[C@@H]1OC(=O)C[C@@H]1NC1CCCN1C(=O)CNC(=O)c1ccccc1Cl. The third kappa shape index (κ3) is 5.46. The van der Waals surface area contributed by atoms with Crippen molar-refractivity contribution in [3.63, 3.8) is 0 Å². The van der Waals surface area contributed by atoms with Crippen LogP contribution in [0.2, 0.25) is 5.02 Å². The van der Waals surface area contributed by atoms with Crippen LogP contribution in [0.15, 0.2) is 24.3 Å². The predicted octanol–water partition coefficient (Wildman–Crippen LogP) is 1.68. The molecule has 1 aromatic rings. The molecule has 1 aromatic carbocycles. The largest absolute Gasteiger partial charge is 0.434 e. The van der Waals surface area contributed by atoms with Gasteiger partial charge in [0.05, 0.1) is 42.4 Å². The van der Waals surface area contributed by atoms with Gasteiger partial charge in [-0.05, 0) is 31.4 Å².